The Morgan fingerprint density at radius 3 is 1.36 bits per heavy atom. The third kappa shape index (κ3) is 5.02. The molecule has 0 atom stereocenters. The molecule has 0 radical (unpaired) electrons. The zero-order chi connectivity index (χ0) is 26.0. The van der Waals surface area contributed by atoms with Crippen molar-refractivity contribution in [2.24, 2.45) is 0 Å². The predicted molar refractivity (Wildman–Crippen MR) is 133 cm³/mol. The average Bonchev–Trinajstić information content (AvgIpc) is 3.37. The van der Waals surface area contributed by atoms with Crippen molar-refractivity contribution in [3.8, 4) is 23.0 Å². The van der Waals surface area contributed by atoms with Gasteiger partial charge in [0.2, 0.25) is 0 Å². The second-order valence-electron chi connectivity index (χ2n) is 8.32. The molecule has 4 aromatic heterocycles. The number of rotatable bonds is 7. The highest BCUT2D eigenvalue weighted by atomic mass is 16.5. The molecule has 36 heavy (non-hydrogen) atoms. The van der Waals surface area contributed by atoms with Crippen LogP contribution in [-0.2, 0) is 9.47 Å². The van der Waals surface area contributed by atoms with Crippen LogP contribution in [0.25, 0.3) is 23.0 Å². The maximum Gasteiger partial charge on any atom is 0.338 e. The molecule has 10 nitrogen and oxygen atoms in total. The highest BCUT2D eigenvalue weighted by Crippen LogP contribution is 2.24. The SMILES string of the molecule is CCOC(=O)c1cc(-c2cc(C(=O)OCC)cc(-n3nc(C)cc3C)n2)nc(-n2nc(C)cc2C)c1. The van der Waals surface area contributed by atoms with E-state index in [9.17, 15) is 9.59 Å². The van der Waals surface area contributed by atoms with Crippen LogP contribution < -0.4 is 0 Å². The van der Waals surface area contributed by atoms with Gasteiger partial charge >= 0.3 is 11.9 Å². The molecular weight excluding hydrogens is 460 g/mol. The van der Waals surface area contributed by atoms with E-state index in [1.165, 1.54) is 0 Å². The maximum atomic E-state index is 12.7. The molecule has 0 aliphatic carbocycles. The standard InChI is InChI=1S/C26H28N6O4/c1-7-35-25(33)19-11-21(27-23(13-19)31-17(5)9-15(3)29-31)22-12-20(26(34)36-8-2)14-24(28-22)32-18(6)10-16(4)30-32/h9-14H,7-8H2,1-6H3. The minimum atomic E-state index is -0.496. The molecular formula is C26H28N6O4. The molecule has 0 amide bonds. The van der Waals surface area contributed by atoms with E-state index in [0.29, 0.717) is 34.2 Å². The third-order valence-corrected chi connectivity index (χ3v) is 5.36. The first kappa shape index (κ1) is 24.8. The van der Waals surface area contributed by atoms with Crippen molar-refractivity contribution < 1.29 is 19.1 Å². The first-order valence-corrected chi connectivity index (χ1v) is 11.7. The Hall–Kier alpha value is -4.34. The van der Waals surface area contributed by atoms with Gasteiger partial charge in [0.1, 0.15) is 0 Å². The summed E-state index contributed by atoms with van der Waals surface area (Å²) in [7, 11) is 0. The predicted octanol–water partition coefficient (Wildman–Crippen LogP) is 4.10. The van der Waals surface area contributed by atoms with Gasteiger partial charge in [0, 0.05) is 11.4 Å². The molecule has 4 heterocycles. The Labute approximate surface area is 208 Å². The van der Waals surface area contributed by atoms with E-state index in [2.05, 4.69) is 10.2 Å². The number of nitrogens with zero attached hydrogens (tertiary/aromatic N) is 6. The van der Waals surface area contributed by atoms with E-state index < -0.39 is 11.9 Å². The zero-order valence-electron chi connectivity index (χ0n) is 21.2. The van der Waals surface area contributed by atoms with Gasteiger partial charge in [-0.05, 0) is 77.9 Å². The van der Waals surface area contributed by atoms with E-state index in [1.807, 2.05) is 39.8 Å². The van der Waals surface area contributed by atoms with Crippen molar-refractivity contribution in [3.63, 3.8) is 0 Å². The lowest BCUT2D eigenvalue weighted by atomic mass is 10.1. The first-order valence-electron chi connectivity index (χ1n) is 11.7. The van der Waals surface area contributed by atoms with E-state index in [4.69, 9.17) is 19.4 Å². The van der Waals surface area contributed by atoms with Gasteiger partial charge in [-0.2, -0.15) is 10.2 Å². The molecule has 0 aliphatic rings. The van der Waals surface area contributed by atoms with Gasteiger partial charge in [-0.3, -0.25) is 0 Å². The minimum Gasteiger partial charge on any atom is -0.462 e. The summed E-state index contributed by atoms with van der Waals surface area (Å²) in [4.78, 5) is 34.9. The molecule has 0 aromatic carbocycles. The van der Waals surface area contributed by atoms with Crippen LogP contribution in [0.1, 0.15) is 57.3 Å². The third-order valence-electron chi connectivity index (χ3n) is 5.36. The quantitative estimate of drug-likeness (QED) is 0.357. The monoisotopic (exact) mass is 488 g/mol. The first-order chi connectivity index (χ1) is 17.2. The van der Waals surface area contributed by atoms with E-state index in [0.717, 1.165) is 22.8 Å². The maximum absolute atomic E-state index is 12.7. The summed E-state index contributed by atoms with van der Waals surface area (Å²) in [6.45, 7) is 11.5. The molecule has 4 rings (SSSR count). The van der Waals surface area contributed by atoms with Crippen molar-refractivity contribution in [2.45, 2.75) is 41.5 Å². The number of esters is 2. The normalized spacial score (nSPS) is 10.9. The molecule has 0 saturated carbocycles. The van der Waals surface area contributed by atoms with Crippen LogP contribution in [-0.4, -0.2) is 54.7 Å². The average molecular weight is 489 g/mol. The summed E-state index contributed by atoms with van der Waals surface area (Å²) in [6.07, 6.45) is 0. The number of pyridine rings is 2. The summed E-state index contributed by atoms with van der Waals surface area (Å²) >= 11 is 0. The summed E-state index contributed by atoms with van der Waals surface area (Å²) < 4.78 is 13.8. The lowest BCUT2D eigenvalue weighted by molar-refractivity contribution is 0.0516. The lowest BCUT2D eigenvalue weighted by Crippen LogP contribution is -2.12. The number of carbonyl (C=O) groups is 2. The summed E-state index contributed by atoms with van der Waals surface area (Å²) in [5.41, 5.74) is 4.65. The highest BCUT2D eigenvalue weighted by molar-refractivity contribution is 5.93. The van der Waals surface area contributed by atoms with Crippen LogP contribution >= 0.6 is 0 Å². The van der Waals surface area contributed by atoms with Crippen LogP contribution in [0, 0.1) is 27.7 Å². The summed E-state index contributed by atoms with van der Waals surface area (Å²) in [5, 5.41) is 9.01. The van der Waals surface area contributed by atoms with Crippen molar-refractivity contribution in [1.29, 1.82) is 0 Å². The Morgan fingerprint density at radius 1 is 0.667 bits per heavy atom. The second-order valence-corrected chi connectivity index (χ2v) is 8.32. The van der Waals surface area contributed by atoms with Gasteiger partial charge in [-0.1, -0.05) is 0 Å². The summed E-state index contributed by atoms with van der Waals surface area (Å²) in [6, 6.07) is 10.3. The number of aromatic nitrogens is 6. The number of aryl methyl sites for hydroxylation is 4. The molecule has 0 fully saturated rings. The Kier molecular flexibility index (Phi) is 6.96. The molecule has 0 spiro atoms. The highest BCUT2D eigenvalue weighted by Gasteiger charge is 2.19. The molecule has 4 aromatic rings. The van der Waals surface area contributed by atoms with Crippen molar-refractivity contribution in [3.05, 3.63) is 70.3 Å². The van der Waals surface area contributed by atoms with Gasteiger partial charge in [0.15, 0.2) is 11.6 Å². The Morgan fingerprint density at radius 2 is 1.06 bits per heavy atom. The van der Waals surface area contributed by atoms with Crippen LogP contribution in [0.3, 0.4) is 0 Å². The zero-order valence-corrected chi connectivity index (χ0v) is 21.2. The van der Waals surface area contributed by atoms with Crippen molar-refractivity contribution >= 4 is 11.9 Å². The molecule has 0 bridgehead atoms. The Bertz CT molecular complexity index is 1340. The van der Waals surface area contributed by atoms with Crippen molar-refractivity contribution in [2.75, 3.05) is 13.2 Å². The van der Waals surface area contributed by atoms with Crippen molar-refractivity contribution in [1.82, 2.24) is 29.5 Å². The fourth-order valence-electron chi connectivity index (χ4n) is 3.90. The van der Waals surface area contributed by atoms with Crippen LogP contribution in [0.2, 0.25) is 0 Å². The number of ether oxygens (including phenoxy) is 2. The minimum absolute atomic E-state index is 0.227. The van der Waals surface area contributed by atoms with Gasteiger partial charge in [0.05, 0.1) is 47.1 Å². The lowest BCUT2D eigenvalue weighted by Gasteiger charge is -2.12. The van der Waals surface area contributed by atoms with E-state index in [1.54, 1.807) is 47.5 Å². The van der Waals surface area contributed by atoms with Gasteiger partial charge < -0.3 is 9.47 Å². The van der Waals surface area contributed by atoms with Gasteiger partial charge in [-0.25, -0.2) is 28.9 Å². The van der Waals surface area contributed by atoms with Gasteiger partial charge in [0.25, 0.3) is 0 Å². The van der Waals surface area contributed by atoms with Crippen LogP contribution in [0.15, 0.2) is 36.4 Å². The van der Waals surface area contributed by atoms with Gasteiger partial charge in [-0.15, -0.1) is 0 Å². The molecule has 10 heteroatoms. The van der Waals surface area contributed by atoms with Crippen LogP contribution in [0.5, 0.6) is 0 Å². The molecule has 186 valence electrons. The molecule has 0 unspecified atom stereocenters. The summed E-state index contributed by atoms with van der Waals surface area (Å²) in [5.74, 6) is -0.136. The van der Waals surface area contributed by atoms with Crippen LogP contribution in [0.4, 0.5) is 0 Å². The second kappa shape index (κ2) is 10.1. The number of carbonyl (C=O) groups excluding carboxylic acids is 2. The fourth-order valence-corrected chi connectivity index (χ4v) is 3.90. The van der Waals surface area contributed by atoms with E-state index >= 15 is 0 Å². The molecule has 0 saturated heterocycles. The topological polar surface area (TPSA) is 114 Å². The van der Waals surface area contributed by atoms with E-state index in [-0.39, 0.29) is 13.2 Å². The number of hydrogen-bond acceptors (Lipinski definition) is 8. The smallest absolute Gasteiger partial charge is 0.338 e. The number of hydrogen-bond donors (Lipinski definition) is 0. The fraction of sp³-hybridized carbons (Fsp3) is 0.308. The Balaban J connectivity index is 1.95. The molecule has 0 N–H and O–H groups in total. The largest absolute Gasteiger partial charge is 0.462 e. The molecule has 0 aliphatic heterocycles.